The minimum Gasteiger partial charge on any atom is -0.462 e. The van der Waals surface area contributed by atoms with E-state index in [4.69, 9.17) is 14.2 Å². The molecule has 0 aliphatic rings. The SMILES string of the molecule is CCCC/C=C\CCCCCCCC(=O)OC[C@@H](COC(=O)CCCCCCCCCCC/C=C\CCCCCCCC)OC(=O)CCCC/C=C\C/C=C\C/C=C\CCCCC. The Bertz CT molecular complexity index is 1150. The second-order valence-corrected chi connectivity index (χ2v) is 17.8. The summed E-state index contributed by atoms with van der Waals surface area (Å²) < 4.78 is 16.8. The first-order valence-electron chi connectivity index (χ1n) is 26.8. The van der Waals surface area contributed by atoms with Crippen molar-refractivity contribution in [2.45, 2.75) is 271 Å². The number of hydrogen-bond acceptors (Lipinski definition) is 6. The van der Waals surface area contributed by atoms with Gasteiger partial charge < -0.3 is 14.2 Å². The summed E-state index contributed by atoms with van der Waals surface area (Å²) >= 11 is 0. The second kappa shape index (κ2) is 51.7. The topological polar surface area (TPSA) is 78.9 Å². The van der Waals surface area contributed by atoms with Gasteiger partial charge in [-0.15, -0.1) is 0 Å². The Balaban J connectivity index is 4.38. The third-order valence-corrected chi connectivity index (χ3v) is 11.5. The molecular weight excluding hydrogens is 781 g/mol. The molecular formula is C57H100O6. The predicted molar refractivity (Wildman–Crippen MR) is 270 cm³/mol. The summed E-state index contributed by atoms with van der Waals surface area (Å²) in [7, 11) is 0. The number of rotatable bonds is 48. The molecule has 0 radical (unpaired) electrons. The molecule has 0 unspecified atom stereocenters. The Morgan fingerprint density at radius 3 is 1.02 bits per heavy atom. The van der Waals surface area contributed by atoms with E-state index in [1.54, 1.807) is 0 Å². The van der Waals surface area contributed by atoms with E-state index in [0.717, 1.165) is 70.6 Å². The van der Waals surface area contributed by atoms with Crippen LogP contribution >= 0.6 is 0 Å². The second-order valence-electron chi connectivity index (χ2n) is 17.8. The van der Waals surface area contributed by atoms with Gasteiger partial charge in [-0.25, -0.2) is 0 Å². The highest BCUT2D eigenvalue weighted by Gasteiger charge is 2.19. The standard InChI is InChI=1S/C57H100O6/c1-4-7-10-13-16-19-22-24-26-27-28-29-31-32-35-38-41-44-47-50-56(59)62-53-54(52-61-55(58)49-46-43-40-37-34-21-18-15-12-9-6-3)63-57(60)51-48-45-42-39-36-33-30-25-23-20-17-14-11-8-5-2/h15,17-18,20,24-26,30,36,39,54H,4-14,16,19,21-23,27-29,31-35,37-38,40-53H2,1-3H3/b18-15-,20-17-,26-24-,30-25-,39-36-/t54-/m0/s1. The molecule has 0 aromatic carbocycles. The van der Waals surface area contributed by atoms with Crippen molar-refractivity contribution < 1.29 is 28.6 Å². The summed E-state index contributed by atoms with van der Waals surface area (Å²) in [6.45, 7) is 6.54. The van der Waals surface area contributed by atoms with Crippen molar-refractivity contribution in [2.75, 3.05) is 13.2 Å². The monoisotopic (exact) mass is 881 g/mol. The lowest BCUT2D eigenvalue weighted by Gasteiger charge is -2.18. The summed E-state index contributed by atoms with van der Waals surface area (Å²) in [6.07, 6.45) is 63.5. The van der Waals surface area contributed by atoms with E-state index in [-0.39, 0.29) is 37.5 Å². The van der Waals surface area contributed by atoms with Gasteiger partial charge in [-0.05, 0) is 103 Å². The van der Waals surface area contributed by atoms with Gasteiger partial charge in [-0.3, -0.25) is 14.4 Å². The van der Waals surface area contributed by atoms with Gasteiger partial charge in [0, 0.05) is 19.3 Å². The summed E-state index contributed by atoms with van der Waals surface area (Å²) in [6, 6.07) is 0. The maximum absolute atomic E-state index is 12.8. The molecule has 0 N–H and O–H groups in total. The van der Waals surface area contributed by atoms with Gasteiger partial charge in [0.15, 0.2) is 6.10 Å². The van der Waals surface area contributed by atoms with Crippen LogP contribution in [0.15, 0.2) is 60.8 Å². The molecule has 0 aliphatic heterocycles. The highest BCUT2D eigenvalue weighted by Crippen LogP contribution is 2.14. The maximum Gasteiger partial charge on any atom is 0.306 e. The van der Waals surface area contributed by atoms with Gasteiger partial charge in [-0.1, -0.05) is 204 Å². The normalized spacial score (nSPS) is 12.5. The fraction of sp³-hybridized carbons (Fsp3) is 0.772. The van der Waals surface area contributed by atoms with Crippen molar-refractivity contribution in [3.8, 4) is 0 Å². The fourth-order valence-electron chi connectivity index (χ4n) is 7.37. The first kappa shape index (κ1) is 60.1. The van der Waals surface area contributed by atoms with Crippen LogP contribution in [0.2, 0.25) is 0 Å². The molecule has 1 atom stereocenters. The highest BCUT2D eigenvalue weighted by molar-refractivity contribution is 5.71. The maximum atomic E-state index is 12.8. The molecule has 0 aromatic heterocycles. The van der Waals surface area contributed by atoms with Gasteiger partial charge in [0.05, 0.1) is 0 Å². The predicted octanol–water partition coefficient (Wildman–Crippen LogP) is 17.6. The molecule has 0 amide bonds. The van der Waals surface area contributed by atoms with Crippen LogP contribution < -0.4 is 0 Å². The molecule has 0 saturated carbocycles. The zero-order valence-electron chi connectivity index (χ0n) is 41.6. The molecule has 0 bridgehead atoms. The Labute approximate surface area is 390 Å². The summed E-state index contributed by atoms with van der Waals surface area (Å²) in [5.74, 6) is -0.939. The Morgan fingerprint density at radius 2 is 0.587 bits per heavy atom. The van der Waals surface area contributed by atoms with Crippen LogP contribution in [0.3, 0.4) is 0 Å². The molecule has 0 aliphatic carbocycles. The minimum atomic E-state index is -0.797. The average Bonchev–Trinajstić information content (AvgIpc) is 3.28. The zero-order valence-corrected chi connectivity index (χ0v) is 41.6. The number of carbonyl (C=O) groups is 3. The Kier molecular flexibility index (Phi) is 49.4. The molecule has 0 heterocycles. The van der Waals surface area contributed by atoms with E-state index in [0.29, 0.717) is 19.3 Å². The van der Waals surface area contributed by atoms with Crippen LogP contribution in [0, 0.1) is 0 Å². The summed E-state index contributed by atoms with van der Waals surface area (Å²) in [4.78, 5) is 38.0. The zero-order chi connectivity index (χ0) is 45.8. The van der Waals surface area contributed by atoms with Crippen molar-refractivity contribution in [1.29, 1.82) is 0 Å². The van der Waals surface area contributed by atoms with Crippen molar-refractivity contribution in [3.63, 3.8) is 0 Å². The number of carbonyl (C=O) groups excluding carboxylic acids is 3. The Morgan fingerprint density at radius 1 is 0.317 bits per heavy atom. The molecule has 6 nitrogen and oxygen atoms in total. The van der Waals surface area contributed by atoms with Crippen LogP contribution in [-0.2, 0) is 28.6 Å². The van der Waals surface area contributed by atoms with Crippen LogP contribution in [0.4, 0.5) is 0 Å². The molecule has 0 saturated heterocycles. The molecule has 0 aromatic rings. The van der Waals surface area contributed by atoms with Crippen LogP contribution in [0.1, 0.15) is 265 Å². The third kappa shape index (κ3) is 50.0. The van der Waals surface area contributed by atoms with Gasteiger partial charge in [-0.2, -0.15) is 0 Å². The van der Waals surface area contributed by atoms with E-state index in [2.05, 4.69) is 81.5 Å². The van der Waals surface area contributed by atoms with E-state index in [1.165, 1.54) is 148 Å². The largest absolute Gasteiger partial charge is 0.462 e. The Hall–Kier alpha value is -2.89. The lowest BCUT2D eigenvalue weighted by atomic mass is 10.1. The lowest BCUT2D eigenvalue weighted by Crippen LogP contribution is -2.30. The first-order chi connectivity index (χ1) is 31.0. The van der Waals surface area contributed by atoms with Gasteiger partial charge >= 0.3 is 17.9 Å². The van der Waals surface area contributed by atoms with Crippen molar-refractivity contribution >= 4 is 17.9 Å². The van der Waals surface area contributed by atoms with Gasteiger partial charge in [0.1, 0.15) is 13.2 Å². The molecule has 63 heavy (non-hydrogen) atoms. The van der Waals surface area contributed by atoms with Crippen LogP contribution in [-0.4, -0.2) is 37.2 Å². The van der Waals surface area contributed by atoms with E-state index < -0.39 is 6.10 Å². The van der Waals surface area contributed by atoms with Gasteiger partial charge in [0.25, 0.3) is 0 Å². The van der Waals surface area contributed by atoms with Crippen LogP contribution in [0.5, 0.6) is 0 Å². The summed E-state index contributed by atoms with van der Waals surface area (Å²) in [5, 5.41) is 0. The fourth-order valence-corrected chi connectivity index (χ4v) is 7.37. The third-order valence-electron chi connectivity index (χ3n) is 11.5. The number of allylic oxidation sites excluding steroid dienone is 10. The number of hydrogen-bond donors (Lipinski definition) is 0. The molecule has 0 spiro atoms. The van der Waals surface area contributed by atoms with E-state index >= 15 is 0 Å². The summed E-state index contributed by atoms with van der Waals surface area (Å²) in [5.41, 5.74) is 0. The quantitative estimate of drug-likeness (QED) is 0.0262. The molecule has 6 heteroatoms. The van der Waals surface area contributed by atoms with E-state index in [9.17, 15) is 14.4 Å². The minimum absolute atomic E-state index is 0.0927. The van der Waals surface area contributed by atoms with E-state index in [1.807, 2.05) is 0 Å². The van der Waals surface area contributed by atoms with Crippen molar-refractivity contribution in [3.05, 3.63) is 60.8 Å². The van der Waals surface area contributed by atoms with Crippen LogP contribution in [0.25, 0.3) is 0 Å². The lowest BCUT2D eigenvalue weighted by molar-refractivity contribution is -0.167. The highest BCUT2D eigenvalue weighted by atomic mass is 16.6. The average molecular weight is 881 g/mol. The number of ether oxygens (including phenoxy) is 3. The van der Waals surface area contributed by atoms with Crippen molar-refractivity contribution in [1.82, 2.24) is 0 Å². The first-order valence-corrected chi connectivity index (χ1v) is 26.8. The number of unbranched alkanes of at least 4 members (excludes halogenated alkanes) is 27. The smallest absolute Gasteiger partial charge is 0.306 e. The molecule has 0 rings (SSSR count). The van der Waals surface area contributed by atoms with Gasteiger partial charge in [0.2, 0.25) is 0 Å². The molecule has 364 valence electrons. The molecule has 0 fully saturated rings. The number of esters is 3. The van der Waals surface area contributed by atoms with Crippen molar-refractivity contribution in [2.24, 2.45) is 0 Å².